The molecule has 0 aliphatic carbocycles. The van der Waals surface area contributed by atoms with E-state index >= 15 is 0 Å². The maximum atomic E-state index is 13.2. The van der Waals surface area contributed by atoms with Crippen LogP contribution in [0.2, 0.25) is 0 Å². The fourth-order valence-corrected chi connectivity index (χ4v) is 2.33. The van der Waals surface area contributed by atoms with E-state index in [0.29, 0.717) is 10.9 Å². The van der Waals surface area contributed by atoms with Crippen molar-refractivity contribution in [1.29, 1.82) is 0 Å². The van der Waals surface area contributed by atoms with Crippen molar-refractivity contribution >= 4 is 11.8 Å². The molecular formula is C11H15F2NS. The first kappa shape index (κ1) is 12.5. The van der Waals surface area contributed by atoms with Crippen LogP contribution in [0.5, 0.6) is 0 Å². The molecule has 0 heterocycles. The van der Waals surface area contributed by atoms with Gasteiger partial charge in [-0.05, 0) is 25.6 Å². The zero-order valence-electron chi connectivity index (χ0n) is 8.89. The Balaban J connectivity index is 2.57. The van der Waals surface area contributed by atoms with E-state index in [2.05, 4.69) is 12.2 Å². The quantitative estimate of drug-likeness (QED) is 0.782. The van der Waals surface area contributed by atoms with Gasteiger partial charge < -0.3 is 5.32 Å². The maximum Gasteiger partial charge on any atom is 0.139 e. The molecule has 1 aromatic rings. The van der Waals surface area contributed by atoms with Gasteiger partial charge in [-0.25, -0.2) is 8.78 Å². The van der Waals surface area contributed by atoms with Crippen LogP contribution in [0.3, 0.4) is 0 Å². The van der Waals surface area contributed by atoms with Crippen LogP contribution in [0.1, 0.15) is 13.3 Å². The molecule has 0 spiro atoms. The molecule has 84 valence electrons. The van der Waals surface area contributed by atoms with Gasteiger partial charge >= 0.3 is 0 Å². The Morgan fingerprint density at radius 1 is 1.40 bits per heavy atom. The van der Waals surface area contributed by atoms with Gasteiger partial charge in [-0.2, -0.15) is 0 Å². The van der Waals surface area contributed by atoms with Crippen molar-refractivity contribution in [1.82, 2.24) is 5.32 Å². The van der Waals surface area contributed by atoms with Crippen molar-refractivity contribution in [2.24, 2.45) is 0 Å². The minimum atomic E-state index is -0.530. The number of hydrogen-bond acceptors (Lipinski definition) is 2. The third kappa shape index (κ3) is 3.80. The number of halogens is 2. The van der Waals surface area contributed by atoms with E-state index in [9.17, 15) is 8.78 Å². The fourth-order valence-electron chi connectivity index (χ4n) is 1.19. The molecule has 1 aromatic carbocycles. The van der Waals surface area contributed by atoms with Gasteiger partial charge in [-0.3, -0.25) is 0 Å². The molecule has 4 heteroatoms. The smallest absolute Gasteiger partial charge is 0.139 e. The van der Waals surface area contributed by atoms with Gasteiger partial charge in [0.1, 0.15) is 11.6 Å². The van der Waals surface area contributed by atoms with E-state index in [0.717, 1.165) is 18.2 Å². The first-order valence-corrected chi connectivity index (χ1v) is 5.91. The van der Waals surface area contributed by atoms with E-state index in [4.69, 9.17) is 0 Å². The zero-order chi connectivity index (χ0) is 11.3. The standard InChI is InChI=1S/C11H15F2NS/c1-3-9(14-2)7-15-11-5-4-8(12)6-10(11)13/h4-6,9,14H,3,7H2,1-2H3. The second kappa shape index (κ2) is 6.08. The van der Waals surface area contributed by atoms with Crippen LogP contribution < -0.4 is 5.32 Å². The lowest BCUT2D eigenvalue weighted by atomic mass is 10.3. The monoisotopic (exact) mass is 231 g/mol. The van der Waals surface area contributed by atoms with Crippen molar-refractivity contribution < 1.29 is 8.78 Å². The van der Waals surface area contributed by atoms with Crippen molar-refractivity contribution in [3.05, 3.63) is 29.8 Å². The Morgan fingerprint density at radius 3 is 2.67 bits per heavy atom. The number of thioether (sulfide) groups is 1. The van der Waals surface area contributed by atoms with Crippen LogP contribution in [-0.2, 0) is 0 Å². The molecule has 1 rings (SSSR count). The Hall–Kier alpha value is -0.610. The average molecular weight is 231 g/mol. The molecule has 0 saturated carbocycles. The van der Waals surface area contributed by atoms with Crippen molar-refractivity contribution in [2.45, 2.75) is 24.3 Å². The Labute approximate surface area is 93.3 Å². The molecule has 0 aliphatic rings. The summed E-state index contributed by atoms with van der Waals surface area (Å²) in [5.74, 6) is -0.223. The molecule has 1 N–H and O–H groups in total. The van der Waals surface area contributed by atoms with E-state index in [1.807, 2.05) is 7.05 Å². The van der Waals surface area contributed by atoms with E-state index in [-0.39, 0.29) is 0 Å². The van der Waals surface area contributed by atoms with Gasteiger partial charge in [-0.15, -0.1) is 11.8 Å². The second-order valence-corrected chi connectivity index (χ2v) is 4.34. The van der Waals surface area contributed by atoms with Crippen LogP contribution in [0.25, 0.3) is 0 Å². The highest BCUT2D eigenvalue weighted by molar-refractivity contribution is 7.99. The molecule has 0 bridgehead atoms. The number of hydrogen-bond donors (Lipinski definition) is 1. The Morgan fingerprint density at radius 2 is 2.13 bits per heavy atom. The molecule has 1 unspecified atom stereocenters. The molecule has 0 fully saturated rings. The van der Waals surface area contributed by atoms with Crippen molar-refractivity contribution in [2.75, 3.05) is 12.8 Å². The fraction of sp³-hybridized carbons (Fsp3) is 0.455. The summed E-state index contributed by atoms with van der Waals surface area (Å²) in [4.78, 5) is 0.505. The van der Waals surface area contributed by atoms with Crippen LogP contribution in [0, 0.1) is 11.6 Å². The lowest BCUT2D eigenvalue weighted by Gasteiger charge is -2.13. The molecule has 0 aliphatic heterocycles. The van der Waals surface area contributed by atoms with E-state index in [1.165, 1.54) is 23.9 Å². The summed E-state index contributed by atoms with van der Waals surface area (Å²) >= 11 is 1.41. The maximum absolute atomic E-state index is 13.2. The van der Waals surface area contributed by atoms with Gasteiger partial charge in [0, 0.05) is 22.8 Å². The Bertz CT molecular complexity index is 313. The minimum absolute atomic E-state index is 0.361. The van der Waals surface area contributed by atoms with Gasteiger partial charge in [0.15, 0.2) is 0 Å². The third-order valence-electron chi connectivity index (χ3n) is 2.23. The minimum Gasteiger partial charge on any atom is -0.316 e. The summed E-state index contributed by atoms with van der Waals surface area (Å²) in [7, 11) is 1.88. The normalized spacial score (nSPS) is 12.8. The molecule has 15 heavy (non-hydrogen) atoms. The summed E-state index contributed by atoms with van der Waals surface area (Å²) in [5.41, 5.74) is 0. The predicted octanol–water partition coefficient (Wildman–Crippen LogP) is 3.05. The van der Waals surface area contributed by atoms with Crippen LogP contribution in [0.4, 0.5) is 8.78 Å². The molecule has 1 atom stereocenters. The molecular weight excluding hydrogens is 216 g/mol. The molecule has 0 radical (unpaired) electrons. The second-order valence-electron chi connectivity index (χ2n) is 3.28. The summed E-state index contributed by atoms with van der Waals surface area (Å²) in [6.07, 6.45) is 0.992. The topological polar surface area (TPSA) is 12.0 Å². The molecule has 0 saturated heterocycles. The van der Waals surface area contributed by atoms with Crippen LogP contribution in [-0.4, -0.2) is 18.8 Å². The lowest BCUT2D eigenvalue weighted by molar-refractivity contribution is 0.564. The van der Waals surface area contributed by atoms with Crippen molar-refractivity contribution in [3.8, 4) is 0 Å². The van der Waals surface area contributed by atoms with E-state index in [1.54, 1.807) is 0 Å². The molecule has 1 nitrogen and oxygen atoms in total. The van der Waals surface area contributed by atoms with Gasteiger partial charge in [0.2, 0.25) is 0 Å². The van der Waals surface area contributed by atoms with Crippen LogP contribution >= 0.6 is 11.8 Å². The first-order chi connectivity index (χ1) is 7.17. The summed E-state index contributed by atoms with van der Waals surface area (Å²) < 4.78 is 25.8. The summed E-state index contributed by atoms with van der Waals surface area (Å²) in [6.45, 7) is 2.07. The van der Waals surface area contributed by atoms with Gasteiger partial charge in [0.05, 0.1) is 0 Å². The third-order valence-corrected chi connectivity index (χ3v) is 3.45. The first-order valence-electron chi connectivity index (χ1n) is 4.92. The summed E-state index contributed by atoms with van der Waals surface area (Å²) in [6, 6.07) is 4.05. The number of nitrogens with one attached hydrogen (secondary N) is 1. The SMILES string of the molecule is CCC(CSc1ccc(F)cc1F)NC. The van der Waals surface area contributed by atoms with Crippen molar-refractivity contribution in [3.63, 3.8) is 0 Å². The summed E-state index contributed by atoms with van der Waals surface area (Å²) in [5, 5.41) is 3.14. The van der Waals surface area contributed by atoms with E-state index < -0.39 is 11.6 Å². The highest BCUT2D eigenvalue weighted by Crippen LogP contribution is 2.23. The largest absolute Gasteiger partial charge is 0.316 e. The zero-order valence-corrected chi connectivity index (χ0v) is 9.70. The van der Waals surface area contributed by atoms with Crippen LogP contribution in [0.15, 0.2) is 23.1 Å². The molecule has 0 amide bonds. The lowest BCUT2D eigenvalue weighted by Crippen LogP contribution is -2.26. The number of rotatable bonds is 5. The predicted molar refractivity (Wildman–Crippen MR) is 60.2 cm³/mol. The average Bonchev–Trinajstić information content (AvgIpc) is 2.22. The van der Waals surface area contributed by atoms with Gasteiger partial charge in [0.25, 0.3) is 0 Å². The Kier molecular flexibility index (Phi) is 5.05. The van der Waals surface area contributed by atoms with Gasteiger partial charge in [-0.1, -0.05) is 6.92 Å². The highest BCUT2D eigenvalue weighted by atomic mass is 32.2. The molecule has 0 aromatic heterocycles. The number of benzene rings is 1. The highest BCUT2D eigenvalue weighted by Gasteiger charge is 2.07.